The first kappa shape index (κ1) is 31.6. The SMILES string of the molecule is NCCNc1cccc(S(=O)(=O)N(C[C@H](O)[C@H](Cc2ccccc2)NC(=O)O[C@H]2CO[C@H]3OCC[C@H]32)OC2CCCC2)c1. The lowest BCUT2D eigenvalue weighted by Crippen LogP contribution is -2.51. The Morgan fingerprint density at radius 2 is 1.88 bits per heavy atom. The fourth-order valence-electron chi connectivity index (χ4n) is 5.76. The number of fused-ring (bicyclic) bond motifs is 1. The summed E-state index contributed by atoms with van der Waals surface area (Å²) in [6.45, 7) is 1.25. The fraction of sp³-hybridized carbons (Fsp3) is 0.567. The maximum atomic E-state index is 13.9. The number of hydrogen-bond donors (Lipinski definition) is 4. The van der Waals surface area contributed by atoms with Crippen LogP contribution in [0.4, 0.5) is 10.5 Å². The lowest BCUT2D eigenvalue weighted by Gasteiger charge is -2.31. The molecule has 2 saturated heterocycles. The van der Waals surface area contributed by atoms with Crippen molar-refractivity contribution in [1.82, 2.24) is 9.79 Å². The molecule has 5 rings (SSSR count). The van der Waals surface area contributed by atoms with Gasteiger partial charge >= 0.3 is 6.09 Å². The molecule has 5 atom stereocenters. The van der Waals surface area contributed by atoms with Gasteiger partial charge in [0.1, 0.15) is 6.10 Å². The number of anilines is 1. The number of hydrogen-bond acceptors (Lipinski definition) is 10. The maximum Gasteiger partial charge on any atom is 0.407 e. The summed E-state index contributed by atoms with van der Waals surface area (Å²) in [5.74, 6) is -0.0428. The van der Waals surface area contributed by atoms with Crippen molar-refractivity contribution in [2.75, 3.05) is 38.2 Å². The van der Waals surface area contributed by atoms with Crippen LogP contribution in [0.3, 0.4) is 0 Å². The third kappa shape index (κ3) is 8.24. The number of sulfonamides is 1. The Morgan fingerprint density at radius 3 is 2.65 bits per heavy atom. The van der Waals surface area contributed by atoms with Gasteiger partial charge in [0, 0.05) is 18.8 Å². The van der Waals surface area contributed by atoms with E-state index < -0.39 is 40.9 Å². The summed E-state index contributed by atoms with van der Waals surface area (Å²) < 4.78 is 45.5. The molecule has 0 spiro atoms. The van der Waals surface area contributed by atoms with Gasteiger partial charge in [-0.3, -0.25) is 4.84 Å². The van der Waals surface area contributed by atoms with Gasteiger partial charge in [-0.2, -0.15) is 0 Å². The lowest BCUT2D eigenvalue weighted by atomic mass is 10.0. The molecule has 13 heteroatoms. The van der Waals surface area contributed by atoms with Crippen molar-refractivity contribution in [3.8, 4) is 0 Å². The average Bonchev–Trinajstić information content (AvgIpc) is 3.77. The van der Waals surface area contributed by atoms with Gasteiger partial charge in [0.05, 0.1) is 48.8 Å². The molecule has 2 heterocycles. The number of nitrogens with two attached hydrogens (primary N) is 1. The van der Waals surface area contributed by atoms with Crippen LogP contribution in [0, 0.1) is 5.92 Å². The Hall–Kier alpha value is -2.78. The summed E-state index contributed by atoms with van der Waals surface area (Å²) in [4.78, 5) is 19.1. The van der Waals surface area contributed by atoms with Gasteiger partial charge in [-0.15, -0.1) is 0 Å². The van der Waals surface area contributed by atoms with Crippen molar-refractivity contribution >= 4 is 21.8 Å². The quantitative estimate of drug-likeness (QED) is 0.231. The lowest BCUT2D eigenvalue weighted by molar-refractivity contribution is -0.145. The number of rotatable bonds is 14. The van der Waals surface area contributed by atoms with Crippen LogP contribution < -0.4 is 16.4 Å². The molecule has 3 fully saturated rings. The number of carbonyl (C=O) groups excluding carboxylic acids is 1. The van der Waals surface area contributed by atoms with E-state index in [2.05, 4.69) is 10.6 Å². The molecule has 3 aliphatic rings. The third-order valence-corrected chi connectivity index (χ3v) is 9.71. The van der Waals surface area contributed by atoms with Gasteiger partial charge < -0.3 is 35.7 Å². The van der Waals surface area contributed by atoms with Gasteiger partial charge in [-0.25, -0.2) is 13.2 Å². The Morgan fingerprint density at radius 1 is 1.09 bits per heavy atom. The van der Waals surface area contributed by atoms with Crippen molar-refractivity contribution in [2.45, 2.75) is 74.1 Å². The van der Waals surface area contributed by atoms with E-state index in [1.54, 1.807) is 12.1 Å². The number of nitrogens with one attached hydrogen (secondary N) is 2. The predicted molar refractivity (Wildman–Crippen MR) is 158 cm³/mol. The van der Waals surface area contributed by atoms with Gasteiger partial charge in [0.15, 0.2) is 6.29 Å². The first-order chi connectivity index (χ1) is 20.8. The topological polar surface area (TPSA) is 162 Å². The standard InChI is InChI=1S/C30H42N4O8S/c31-14-15-32-22-9-6-12-24(18-22)43(37,38)34(42-23-10-4-5-11-23)19-27(35)26(17-21-7-2-1-3-8-21)33-30(36)41-28-20-40-29-25(28)13-16-39-29/h1-3,6-9,12,18,23,25-29,32,35H,4-5,10-11,13-17,19-20,31H2,(H,33,36)/t25-,26-,27-,28-,29+/m0/s1. The second kappa shape index (κ2) is 14.8. The van der Waals surface area contributed by atoms with Crippen LogP contribution in [0.1, 0.15) is 37.7 Å². The summed E-state index contributed by atoms with van der Waals surface area (Å²) in [5.41, 5.74) is 7.05. The molecule has 12 nitrogen and oxygen atoms in total. The zero-order valence-electron chi connectivity index (χ0n) is 24.2. The summed E-state index contributed by atoms with van der Waals surface area (Å²) in [6.07, 6.45) is 1.08. The highest BCUT2D eigenvalue weighted by molar-refractivity contribution is 7.89. The van der Waals surface area contributed by atoms with Gasteiger partial charge in [-0.05, 0) is 49.4 Å². The first-order valence-electron chi connectivity index (χ1n) is 15.0. The molecule has 1 amide bonds. The van der Waals surface area contributed by atoms with Crippen LogP contribution in [0.5, 0.6) is 0 Å². The van der Waals surface area contributed by atoms with Crippen molar-refractivity contribution in [2.24, 2.45) is 11.7 Å². The van der Waals surface area contributed by atoms with Crippen molar-refractivity contribution in [3.05, 3.63) is 60.2 Å². The monoisotopic (exact) mass is 618 g/mol. The molecule has 1 aliphatic carbocycles. The molecule has 1 saturated carbocycles. The van der Waals surface area contributed by atoms with Crippen LogP contribution in [-0.2, 0) is 35.5 Å². The van der Waals surface area contributed by atoms with E-state index >= 15 is 0 Å². The molecule has 236 valence electrons. The van der Waals surface area contributed by atoms with Crippen molar-refractivity contribution < 1.29 is 37.4 Å². The van der Waals surface area contributed by atoms with Crippen LogP contribution in [0.2, 0.25) is 0 Å². The smallest absolute Gasteiger partial charge is 0.407 e. The number of amides is 1. The van der Waals surface area contributed by atoms with E-state index in [4.69, 9.17) is 24.8 Å². The Bertz CT molecular complexity index is 1290. The normalized spacial score (nSPS) is 23.7. The highest BCUT2D eigenvalue weighted by atomic mass is 32.2. The second-order valence-corrected chi connectivity index (χ2v) is 13.1. The largest absolute Gasteiger partial charge is 0.443 e. The molecule has 0 radical (unpaired) electrons. The summed E-state index contributed by atoms with van der Waals surface area (Å²) >= 11 is 0. The second-order valence-electron chi connectivity index (χ2n) is 11.2. The molecular weight excluding hydrogens is 576 g/mol. The summed E-state index contributed by atoms with van der Waals surface area (Å²) in [6, 6.07) is 14.9. The summed E-state index contributed by atoms with van der Waals surface area (Å²) in [7, 11) is -4.19. The van der Waals surface area contributed by atoms with Gasteiger partial charge in [-0.1, -0.05) is 53.7 Å². The van der Waals surface area contributed by atoms with E-state index in [0.29, 0.717) is 38.2 Å². The average molecular weight is 619 g/mol. The number of hydroxylamine groups is 1. The highest BCUT2D eigenvalue weighted by Gasteiger charge is 2.44. The minimum Gasteiger partial charge on any atom is -0.443 e. The third-order valence-electron chi connectivity index (χ3n) is 8.09. The van der Waals surface area contributed by atoms with Crippen LogP contribution in [0.15, 0.2) is 59.5 Å². The minimum atomic E-state index is -4.19. The maximum absolute atomic E-state index is 13.9. The number of nitrogens with zero attached hydrogens (tertiary/aromatic N) is 1. The summed E-state index contributed by atoms with van der Waals surface area (Å²) in [5, 5.41) is 17.4. The molecular formula is C30H42N4O8S. The minimum absolute atomic E-state index is 0.0151. The molecule has 0 unspecified atom stereocenters. The molecule has 2 aromatic carbocycles. The number of benzene rings is 2. The van der Waals surface area contributed by atoms with Gasteiger partial charge in [0.25, 0.3) is 10.0 Å². The van der Waals surface area contributed by atoms with E-state index in [-0.39, 0.29) is 36.2 Å². The van der Waals surface area contributed by atoms with E-state index in [1.807, 2.05) is 30.3 Å². The molecule has 2 aliphatic heterocycles. The van der Waals surface area contributed by atoms with Crippen LogP contribution in [-0.4, -0.2) is 87.6 Å². The first-order valence-corrected chi connectivity index (χ1v) is 16.4. The Balaban J connectivity index is 1.34. The van der Waals surface area contributed by atoms with Gasteiger partial charge in [0.2, 0.25) is 0 Å². The zero-order chi connectivity index (χ0) is 30.2. The van der Waals surface area contributed by atoms with E-state index in [9.17, 15) is 18.3 Å². The fourth-order valence-corrected chi connectivity index (χ4v) is 7.11. The molecule has 0 aromatic heterocycles. The van der Waals surface area contributed by atoms with Crippen LogP contribution in [0.25, 0.3) is 0 Å². The van der Waals surface area contributed by atoms with Crippen molar-refractivity contribution in [1.29, 1.82) is 0 Å². The number of aliphatic hydroxyl groups is 1. The number of aliphatic hydroxyl groups excluding tert-OH is 1. The molecule has 2 aromatic rings. The molecule has 5 N–H and O–H groups in total. The van der Waals surface area contributed by atoms with E-state index in [1.165, 1.54) is 12.1 Å². The highest BCUT2D eigenvalue weighted by Crippen LogP contribution is 2.33. The predicted octanol–water partition coefficient (Wildman–Crippen LogP) is 2.38. The number of carbonyl (C=O) groups is 1. The Labute approximate surface area is 252 Å². The molecule has 43 heavy (non-hydrogen) atoms. The Kier molecular flexibility index (Phi) is 10.9. The number of alkyl carbamates (subject to hydrolysis) is 1. The van der Waals surface area contributed by atoms with Crippen LogP contribution >= 0.6 is 0 Å². The van der Waals surface area contributed by atoms with E-state index in [0.717, 1.165) is 29.3 Å². The van der Waals surface area contributed by atoms with Crippen molar-refractivity contribution in [3.63, 3.8) is 0 Å². The molecule has 0 bridgehead atoms. The zero-order valence-corrected chi connectivity index (χ0v) is 25.0. The number of ether oxygens (including phenoxy) is 3.